The topological polar surface area (TPSA) is 82.1 Å². The minimum Gasteiger partial charge on any atom is -0.292 e. The van der Waals surface area contributed by atoms with Crippen LogP contribution in [0.25, 0.3) is 11.1 Å². The minimum absolute atomic E-state index is 0.163. The monoisotopic (exact) mass is 540 g/mol. The summed E-state index contributed by atoms with van der Waals surface area (Å²) in [5, 5.41) is 4.05. The second-order valence-corrected chi connectivity index (χ2v) is 10.8. The van der Waals surface area contributed by atoms with Crippen molar-refractivity contribution in [2.24, 2.45) is 5.10 Å². The van der Waals surface area contributed by atoms with E-state index in [1.165, 1.54) is 4.31 Å². The largest absolute Gasteiger partial charge is 0.292 e. The normalized spacial score (nSPS) is 15.4. The average molecular weight is 541 g/mol. The molecule has 7 nitrogen and oxygen atoms in total. The van der Waals surface area contributed by atoms with Gasteiger partial charge in [0.15, 0.2) is 0 Å². The number of hydrogen-bond donors (Lipinski definition) is 1. The molecular weight excluding hydrogens is 516 g/mol. The maximum atomic E-state index is 12.8. The number of sulfonamides is 1. The van der Waals surface area contributed by atoms with E-state index < -0.39 is 10.0 Å². The van der Waals surface area contributed by atoms with Gasteiger partial charge in [0.25, 0.3) is 5.91 Å². The fourth-order valence-electron chi connectivity index (χ4n) is 3.69. The van der Waals surface area contributed by atoms with Crippen LogP contribution in [-0.4, -0.2) is 62.5 Å². The molecule has 1 heterocycles. The molecule has 0 aliphatic carbocycles. The van der Waals surface area contributed by atoms with Crippen LogP contribution in [0.4, 0.5) is 0 Å². The van der Waals surface area contributed by atoms with Crippen molar-refractivity contribution in [3.63, 3.8) is 0 Å². The summed E-state index contributed by atoms with van der Waals surface area (Å²) in [4.78, 5) is 14.5. The fraction of sp³-hybridized carbons (Fsp3) is 0.200. The molecule has 0 atom stereocenters. The molecule has 1 aliphatic rings. The van der Waals surface area contributed by atoms with E-state index in [1.807, 2.05) is 47.4 Å². The predicted molar refractivity (Wildman–Crippen MR) is 137 cm³/mol. The number of halogens is 1. The van der Waals surface area contributed by atoms with Gasteiger partial charge in [-0.15, -0.1) is 0 Å². The Morgan fingerprint density at radius 3 is 2.15 bits per heavy atom. The Morgan fingerprint density at radius 1 is 0.882 bits per heavy atom. The van der Waals surface area contributed by atoms with E-state index in [0.717, 1.165) is 21.2 Å². The van der Waals surface area contributed by atoms with Crippen LogP contribution in [0, 0.1) is 0 Å². The molecule has 4 rings (SSSR count). The molecule has 0 bridgehead atoms. The van der Waals surface area contributed by atoms with Crippen molar-refractivity contribution in [1.29, 1.82) is 0 Å². The third kappa shape index (κ3) is 6.18. The third-order valence-electron chi connectivity index (χ3n) is 5.57. The smallest absolute Gasteiger partial charge is 0.254 e. The lowest BCUT2D eigenvalue weighted by atomic mass is 10.0. The summed E-state index contributed by atoms with van der Waals surface area (Å²) in [6, 6.07) is 24.6. The SMILES string of the molecule is O=C(CN1CCN(S(=O)(=O)c2ccc(Br)cc2)CC1)NN=Cc1ccc(-c2ccccc2)cc1. The fourth-order valence-corrected chi connectivity index (χ4v) is 5.38. The highest BCUT2D eigenvalue weighted by molar-refractivity contribution is 9.10. The molecule has 0 saturated carbocycles. The van der Waals surface area contributed by atoms with Gasteiger partial charge in [-0.25, -0.2) is 13.8 Å². The van der Waals surface area contributed by atoms with Crippen molar-refractivity contribution in [1.82, 2.24) is 14.6 Å². The minimum atomic E-state index is -3.53. The van der Waals surface area contributed by atoms with E-state index in [9.17, 15) is 13.2 Å². The molecule has 34 heavy (non-hydrogen) atoms. The Bertz CT molecular complexity index is 1240. The predicted octanol–water partition coefficient (Wildman–Crippen LogP) is 3.57. The second-order valence-electron chi connectivity index (χ2n) is 7.92. The zero-order valence-corrected chi connectivity index (χ0v) is 20.9. The van der Waals surface area contributed by atoms with Gasteiger partial charge < -0.3 is 0 Å². The van der Waals surface area contributed by atoms with Crippen molar-refractivity contribution in [3.8, 4) is 11.1 Å². The first-order valence-corrected chi connectivity index (χ1v) is 13.1. The van der Waals surface area contributed by atoms with E-state index in [2.05, 4.69) is 38.6 Å². The number of carbonyl (C=O) groups excluding carboxylic acids is 1. The summed E-state index contributed by atoms with van der Waals surface area (Å²) in [6.45, 7) is 1.80. The summed E-state index contributed by atoms with van der Waals surface area (Å²) in [5.41, 5.74) is 5.69. The lowest BCUT2D eigenvalue weighted by Crippen LogP contribution is -2.50. The van der Waals surface area contributed by atoms with Crippen molar-refractivity contribution < 1.29 is 13.2 Å². The van der Waals surface area contributed by atoms with Crippen LogP contribution >= 0.6 is 15.9 Å². The summed E-state index contributed by atoms with van der Waals surface area (Å²) in [5.74, 6) is -0.235. The van der Waals surface area contributed by atoms with Crippen molar-refractivity contribution in [2.45, 2.75) is 4.90 Å². The molecule has 176 valence electrons. The number of hydrazone groups is 1. The molecule has 0 spiro atoms. The Hall–Kier alpha value is -2.85. The molecule has 1 aliphatic heterocycles. The van der Waals surface area contributed by atoms with Gasteiger partial charge in [0.2, 0.25) is 10.0 Å². The first-order valence-electron chi connectivity index (χ1n) is 10.9. The quantitative estimate of drug-likeness (QED) is 0.367. The summed E-state index contributed by atoms with van der Waals surface area (Å²) in [7, 11) is -3.53. The Balaban J connectivity index is 1.23. The van der Waals surface area contributed by atoms with Crippen LogP contribution in [0.5, 0.6) is 0 Å². The molecule has 1 N–H and O–H groups in total. The number of carbonyl (C=O) groups is 1. The van der Waals surface area contributed by atoms with Gasteiger partial charge >= 0.3 is 0 Å². The third-order valence-corrected chi connectivity index (χ3v) is 8.01. The number of amides is 1. The van der Waals surface area contributed by atoms with Crippen molar-refractivity contribution in [2.75, 3.05) is 32.7 Å². The lowest BCUT2D eigenvalue weighted by molar-refractivity contribution is -0.122. The van der Waals surface area contributed by atoms with Gasteiger partial charge in [-0.3, -0.25) is 9.69 Å². The molecule has 1 saturated heterocycles. The molecule has 0 aromatic heterocycles. The van der Waals surface area contributed by atoms with Gasteiger partial charge in [-0.1, -0.05) is 70.5 Å². The van der Waals surface area contributed by atoms with Crippen LogP contribution < -0.4 is 5.43 Å². The number of nitrogens with one attached hydrogen (secondary N) is 1. The Kier molecular flexibility index (Phi) is 7.89. The zero-order valence-electron chi connectivity index (χ0n) is 18.5. The number of rotatable bonds is 7. The van der Waals surface area contributed by atoms with Crippen LogP contribution in [-0.2, 0) is 14.8 Å². The van der Waals surface area contributed by atoms with Crippen LogP contribution in [0.15, 0.2) is 93.3 Å². The van der Waals surface area contributed by atoms with E-state index >= 15 is 0 Å². The molecule has 3 aromatic carbocycles. The standard InChI is InChI=1S/C25H25BrN4O3S/c26-23-10-12-24(13-11-23)34(32,33)30-16-14-29(15-17-30)19-25(31)28-27-18-20-6-8-22(9-7-20)21-4-2-1-3-5-21/h1-13,18H,14-17,19H2,(H,28,31). The van der Waals surface area contributed by atoms with E-state index in [1.54, 1.807) is 30.5 Å². The molecule has 0 radical (unpaired) electrons. The van der Waals surface area contributed by atoms with Crippen LogP contribution in [0.3, 0.4) is 0 Å². The highest BCUT2D eigenvalue weighted by Crippen LogP contribution is 2.20. The summed E-state index contributed by atoms with van der Waals surface area (Å²) in [6.07, 6.45) is 1.61. The van der Waals surface area contributed by atoms with Crippen LogP contribution in [0.2, 0.25) is 0 Å². The Morgan fingerprint density at radius 2 is 1.50 bits per heavy atom. The molecule has 0 unspecified atom stereocenters. The van der Waals surface area contributed by atoms with Gasteiger partial charge in [-0.2, -0.15) is 9.41 Å². The van der Waals surface area contributed by atoms with E-state index in [-0.39, 0.29) is 17.3 Å². The Labute approximate surface area is 208 Å². The summed E-state index contributed by atoms with van der Waals surface area (Å²) >= 11 is 3.32. The average Bonchev–Trinajstić information content (AvgIpc) is 2.86. The highest BCUT2D eigenvalue weighted by Gasteiger charge is 2.28. The maximum Gasteiger partial charge on any atom is 0.254 e. The molecule has 1 fully saturated rings. The van der Waals surface area contributed by atoms with E-state index in [0.29, 0.717) is 26.2 Å². The van der Waals surface area contributed by atoms with Crippen molar-refractivity contribution in [3.05, 3.63) is 88.9 Å². The highest BCUT2D eigenvalue weighted by atomic mass is 79.9. The lowest BCUT2D eigenvalue weighted by Gasteiger charge is -2.33. The maximum absolute atomic E-state index is 12.8. The first-order chi connectivity index (χ1) is 16.4. The second kappa shape index (κ2) is 11.1. The number of nitrogens with zero attached hydrogens (tertiary/aromatic N) is 3. The molecular formula is C25H25BrN4O3S. The van der Waals surface area contributed by atoms with E-state index in [4.69, 9.17) is 0 Å². The van der Waals surface area contributed by atoms with Gasteiger partial charge in [0, 0.05) is 30.7 Å². The summed E-state index contributed by atoms with van der Waals surface area (Å²) < 4.78 is 27.9. The van der Waals surface area contributed by atoms with Gasteiger partial charge in [0.1, 0.15) is 0 Å². The van der Waals surface area contributed by atoms with Gasteiger partial charge in [0.05, 0.1) is 17.7 Å². The molecule has 9 heteroatoms. The molecule has 3 aromatic rings. The van der Waals surface area contributed by atoms with Crippen molar-refractivity contribution >= 4 is 38.1 Å². The number of hydrogen-bond acceptors (Lipinski definition) is 5. The first kappa shape index (κ1) is 24.3. The number of benzene rings is 3. The van der Waals surface area contributed by atoms with Crippen LogP contribution in [0.1, 0.15) is 5.56 Å². The molecule has 1 amide bonds. The zero-order chi connectivity index (χ0) is 24.0. The number of piperazine rings is 1. The van der Waals surface area contributed by atoms with Gasteiger partial charge in [-0.05, 0) is 41.0 Å².